The second kappa shape index (κ2) is 5.84. The first-order chi connectivity index (χ1) is 8.40. The second-order valence-electron chi connectivity index (χ2n) is 4.58. The third-order valence-corrected chi connectivity index (χ3v) is 3.44. The lowest BCUT2D eigenvalue weighted by atomic mass is 10.1. The Hall–Kier alpha value is -1.59. The van der Waals surface area contributed by atoms with Crippen LogP contribution in [0.25, 0.3) is 0 Å². The number of carboxylic acids is 1. The Morgan fingerprint density at radius 3 is 2.50 bits per heavy atom. The summed E-state index contributed by atoms with van der Waals surface area (Å²) in [6.45, 7) is 3.87. The van der Waals surface area contributed by atoms with Gasteiger partial charge in [0.15, 0.2) is 0 Å². The van der Waals surface area contributed by atoms with Crippen molar-refractivity contribution in [3.05, 3.63) is 0 Å². The molecule has 1 aliphatic heterocycles. The lowest BCUT2D eigenvalue weighted by molar-refractivity contribution is -0.152. The van der Waals surface area contributed by atoms with Gasteiger partial charge in [0, 0.05) is 20.0 Å². The van der Waals surface area contributed by atoms with Crippen molar-refractivity contribution in [3.63, 3.8) is 0 Å². The van der Waals surface area contributed by atoms with E-state index in [-0.39, 0.29) is 11.8 Å². The van der Waals surface area contributed by atoms with E-state index in [1.54, 1.807) is 4.90 Å². The van der Waals surface area contributed by atoms with E-state index in [9.17, 15) is 14.4 Å². The van der Waals surface area contributed by atoms with E-state index in [2.05, 4.69) is 0 Å². The predicted octanol–water partition coefficient (Wildman–Crippen LogP) is 0.319. The Balaban J connectivity index is 2.79. The predicted molar refractivity (Wildman–Crippen MR) is 64.9 cm³/mol. The minimum absolute atomic E-state index is 0.0217. The van der Waals surface area contributed by atoms with Gasteiger partial charge in [-0.05, 0) is 19.8 Å². The van der Waals surface area contributed by atoms with Crippen molar-refractivity contribution < 1.29 is 19.5 Å². The highest BCUT2D eigenvalue weighted by Crippen LogP contribution is 2.18. The molecule has 2 atom stereocenters. The molecule has 0 saturated carbocycles. The SMILES string of the molecule is CC[C@H](C(=O)N(C)[C@H](C)C(=O)O)N1CCCC1=O. The van der Waals surface area contributed by atoms with Gasteiger partial charge in [-0.15, -0.1) is 0 Å². The molecule has 1 heterocycles. The summed E-state index contributed by atoms with van der Waals surface area (Å²) in [7, 11) is 1.46. The average Bonchev–Trinajstić information content (AvgIpc) is 2.74. The Kier molecular flexibility index (Phi) is 4.69. The highest BCUT2D eigenvalue weighted by molar-refractivity contribution is 5.90. The van der Waals surface area contributed by atoms with Crippen LogP contribution in [0.1, 0.15) is 33.1 Å². The van der Waals surface area contributed by atoms with Gasteiger partial charge >= 0.3 is 5.97 Å². The molecule has 2 amide bonds. The Labute approximate surface area is 107 Å². The molecule has 0 bridgehead atoms. The van der Waals surface area contributed by atoms with Crippen LogP contribution in [0.3, 0.4) is 0 Å². The topological polar surface area (TPSA) is 77.9 Å². The molecule has 0 aromatic rings. The van der Waals surface area contributed by atoms with Gasteiger partial charge in [0.25, 0.3) is 0 Å². The van der Waals surface area contributed by atoms with Crippen molar-refractivity contribution >= 4 is 17.8 Å². The molecule has 1 saturated heterocycles. The Bertz CT molecular complexity index is 356. The van der Waals surface area contributed by atoms with E-state index in [0.29, 0.717) is 19.4 Å². The van der Waals surface area contributed by atoms with Crippen LogP contribution >= 0.6 is 0 Å². The number of likely N-dealkylation sites (tertiary alicyclic amines) is 1. The van der Waals surface area contributed by atoms with E-state index < -0.39 is 18.1 Å². The van der Waals surface area contributed by atoms with Gasteiger partial charge in [0.2, 0.25) is 11.8 Å². The van der Waals surface area contributed by atoms with Crippen LogP contribution in [0.15, 0.2) is 0 Å². The van der Waals surface area contributed by atoms with Gasteiger partial charge in [-0.3, -0.25) is 9.59 Å². The van der Waals surface area contributed by atoms with Crippen LogP contribution in [0.5, 0.6) is 0 Å². The van der Waals surface area contributed by atoms with Crippen molar-refractivity contribution in [2.24, 2.45) is 0 Å². The van der Waals surface area contributed by atoms with Crippen LogP contribution in [0, 0.1) is 0 Å². The summed E-state index contributed by atoms with van der Waals surface area (Å²) in [4.78, 5) is 37.5. The molecule has 0 spiro atoms. The van der Waals surface area contributed by atoms with E-state index in [1.807, 2.05) is 6.92 Å². The quantitative estimate of drug-likeness (QED) is 0.768. The van der Waals surface area contributed by atoms with Crippen molar-refractivity contribution in [2.45, 2.75) is 45.2 Å². The van der Waals surface area contributed by atoms with Crippen LogP contribution < -0.4 is 0 Å². The molecule has 0 aromatic heterocycles. The summed E-state index contributed by atoms with van der Waals surface area (Å²) in [5, 5.41) is 8.90. The number of nitrogens with zero attached hydrogens (tertiary/aromatic N) is 2. The van der Waals surface area contributed by atoms with Crippen molar-refractivity contribution in [3.8, 4) is 0 Å². The first kappa shape index (κ1) is 14.5. The summed E-state index contributed by atoms with van der Waals surface area (Å²) in [6.07, 6.45) is 1.74. The van der Waals surface area contributed by atoms with E-state index in [4.69, 9.17) is 5.11 Å². The number of carbonyl (C=O) groups is 3. The zero-order valence-corrected chi connectivity index (χ0v) is 11.0. The molecule has 1 fully saturated rings. The summed E-state index contributed by atoms with van der Waals surface area (Å²) in [6, 6.07) is -1.42. The van der Waals surface area contributed by atoms with Crippen LogP contribution in [-0.4, -0.2) is 58.4 Å². The fourth-order valence-electron chi connectivity index (χ4n) is 2.12. The largest absolute Gasteiger partial charge is 0.480 e. The standard InChI is InChI=1S/C12H20N2O4/c1-4-9(14-7-5-6-10(14)15)11(16)13(3)8(2)12(17)18/h8-9H,4-7H2,1-3H3,(H,17,18)/t8-,9-/m1/s1. The molecule has 0 unspecified atom stereocenters. The molecular weight excluding hydrogens is 236 g/mol. The molecule has 6 nitrogen and oxygen atoms in total. The first-order valence-electron chi connectivity index (χ1n) is 6.19. The van der Waals surface area contributed by atoms with Gasteiger partial charge in [-0.25, -0.2) is 4.79 Å². The third-order valence-electron chi connectivity index (χ3n) is 3.44. The molecule has 0 radical (unpaired) electrons. The first-order valence-corrected chi connectivity index (χ1v) is 6.19. The lowest BCUT2D eigenvalue weighted by Crippen LogP contribution is -2.51. The smallest absolute Gasteiger partial charge is 0.326 e. The fraction of sp³-hybridized carbons (Fsp3) is 0.750. The number of likely N-dealkylation sites (N-methyl/N-ethyl adjacent to an activating group) is 1. The zero-order valence-electron chi connectivity index (χ0n) is 11.0. The van der Waals surface area contributed by atoms with Gasteiger partial charge in [-0.2, -0.15) is 0 Å². The number of hydrogen-bond acceptors (Lipinski definition) is 3. The average molecular weight is 256 g/mol. The van der Waals surface area contributed by atoms with Crippen LogP contribution in [0.4, 0.5) is 0 Å². The summed E-state index contributed by atoms with van der Waals surface area (Å²) >= 11 is 0. The normalized spacial score (nSPS) is 18.6. The molecule has 0 aromatic carbocycles. The number of hydrogen-bond donors (Lipinski definition) is 1. The highest BCUT2D eigenvalue weighted by Gasteiger charge is 2.35. The van der Waals surface area contributed by atoms with Crippen molar-refractivity contribution in [1.82, 2.24) is 9.80 Å². The maximum atomic E-state index is 12.2. The van der Waals surface area contributed by atoms with E-state index >= 15 is 0 Å². The molecule has 1 rings (SSSR count). The minimum Gasteiger partial charge on any atom is -0.480 e. The monoisotopic (exact) mass is 256 g/mol. The molecule has 18 heavy (non-hydrogen) atoms. The fourth-order valence-corrected chi connectivity index (χ4v) is 2.12. The Morgan fingerprint density at radius 1 is 1.50 bits per heavy atom. The molecule has 1 N–H and O–H groups in total. The maximum Gasteiger partial charge on any atom is 0.326 e. The minimum atomic E-state index is -1.05. The van der Waals surface area contributed by atoms with Gasteiger partial charge in [0.05, 0.1) is 0 Å². The summed E-state index contributed by atoms with van der Waals surface area (Å²) in [5.74, 6) is -1.37. The number of aliphatic carboxylic acids is 1. The Morgan fingerprint density at radius 2 is 2.11 bits per heavy atom. The van der Waals surface area contributed by atoms with Crippen LogP contribution in [0.2, 0.25) is 0 Å². The summed E-state index contributed by atoms with van der Waals surface area (Å²) < 4.78 is 0. The van der Waals surface area contributed by atoms with Gasteiger partial charge in [-0.1, -0.05) is 6.92 Å². The van der Waals surface area contributed by atoms with Crippen LogP contribution in [-0.2, 0) is 14.4 Å². The third kappa shape index (κ3) is 2.80. The zero-order chi connectivity index (χ0) is 13.9. The number of carbonyl (C=O) groups excluding carboxylic acids is 2. The summed E-state index contributed by atoms with van der Waals surface area (Å²) in [5.41, 5.74) is 0. The maximum absolute atomic E-state index is 12.2. The van der Waals surface area contributed by atoms with Gasteiger partial charge in [0.1, 0.15) is 12.1 Å². The lowest BCUT2D eigenvalue weighted by Gasteiger charge is -2.31. The number of rotatable bonds is 5. The molecular formula is C12H20N2O4. The highest BCUT2D eigenvalue weighted by atomic mass is 16.4. The number of carboxylic acid groups (broad SMARTS) is 1. The van der Waals surface area contributed by atoms with Crippen molar-refractivity contribution in [2.75, 3.05) is 13.6 Å². The van der Waals surface area contributed by atoms with E-state index in [0.717, 1.165) is 6.42 Å². The van der Waals surface area contributed by atoms with E-state index in [1.165, 1.54) is 18.9 Å². The molecule has 6 heteroatoms. The molecule has 0 aliphatic carbocycles. The molecule has 102 valence electrons. The molecule has 1 aliphatic rings. The number of amides is 2. The van der Waals surface area contributed by atoms with Crippen molar-refractivity contribution in [1.29, 1.82) is 0 Å². The second-order valence-corrected chi connectivity index (χ2v) is 4.58. The van der Waals surface area contributed by atoms with Gasteiger partial charge < -0.3 is 14.9 Å².